The molecule has 0 bridgehead atoms. The lowest BCUT2D eigenvalue weighted by Crippen LogP contribution is -2.56. The van der Waals surface area contributed by atoms with Gasteiger partial charge in [-0.25, -0.2) is 0 Å². The standard InChI is InChI=1S/C11H21NO4/c1-5-6-9(13)11(16,7-10(14)15)8-12(2,3)4/h16H,5-8H2,1-4H3/i1D3. The van der Waals surface area contributed by atoms with Crippen molar-refractivity contribution in [1.29, 1.82) is 0 Å². The molecule has 0 rings (SSSR count). The first-order valence-corrected chi connectivity index (χ1v) is 5.01. The van der Waals surface area contributed by atoms with Crippen molar-refractivity contribution in [1.82, 2.24) is 0 Å². The summed E-state index contributed by atoms with van der Waals surface area (Å²) in [6, 6.07) is 0. The number of aliphatic carboxylic acids is 1. The summed E-state index contributed by atoms with van der Waals surface area (Å²) < 4.78 is 21.2. The molecule has 0 radical (unpaired) electrons. The third kappa shape index (κ3) is 5.23. The fraction of sp³-hybridized carbons (Fsp3) is 0.818. The number of carboxylic acid groups (broad SMARTS) is 1. The maximum atomic E-state index is 11.9. The first kappa shape index (κ1) is 10.2. The number of carbonyl (C=O) groups is 2. The topological polar surface area (TPSA) is 77.4 Å². The van der Waals surface area contributed by atoms with E-state index >= 15 is 0 Å². The van der Waals surface area contributed by atoms with Crippen LogP contribution in [0.1, 0.15) is 30.2 Å². The molecule has 0 aromatic heterocycles. The van der Waals surface area contributed by atoms with E-state index in [0.29, 0.717) is 0 Å². The van der Waals surface area contributed by atoms with Crippen LogP contribution in [0.2, 0.25) is 0 Å². The molecule has 0 fully saturated rings. The highest BCUT2D eigenvalue weighted by atomic mass is 16.4. The zero-order valence-corrected chi connectivity index (χ0v) is 9.95. The Morgan fingerprint density at radius 1 is 1.44 bits per heavy atom. The lowest BCUT2D eigenvalue weighted by atomic mass is 9.90. The van der Waals surface area contributed by atoms with Crippen molar-refractivity contribution in [2.45, 2.75) is 31.7 Å². The molecule has 0 aliphatic carbocycles. The van der Waals surface area contributed by atoms with Gasteiger partial charge in [-0.05, 0) is 6.42 Å². The third-order valence-electron chi connectivity index (χ3n) is 2.04. The number of rotatable bonds is 7. The molecular formula is C11H21NO4. The van der Waals surface area contributed by atoms with Crippen molar-refractivity contribution < 1.29 is 28.4 Å². The van der Waals surface area contributed by atoms with Gasteiger partial charge in [-0.2, -0.15) is 0 Å². The predicted octanol–water partition coefficient (Wildman–Crippen LogP) is -1.07. The normalized spacial score (nSPS) is 19.1. The van der Waals surface area contributed by atoms with Gasteiger partial charge in [-0.15, -0.1) is 0 Å². The van der Waals surface area contributed by atoms with Gasteiger partial charge in [-0.3, -0.25) is 4.79 Å². The summed E-state index contributed by atoms with van der Waals surface area (Å²) in [5, 5.41) is 20.9. The third-order valence-corrected chi connectivity index (χ3v) is 2.04. The maximum absolute atomic E-state index is 11.9. The van der Waals surface area contributed by atoms with Crippen molar-refractivity contribution in [3.05, 3.63) is 0 Å². The molecule has 1 unspecified atom stereocenters. The van der Waals surface area contributed by atoms with Crippen LogP contribution in [-0.4, -0.2) is 54.6 Å². The van der Waals surface area contributed by atoms with E-state index in [1.54, 1.807) is 21.1 Å². The number of carbonyl (C=O) groups excluding carboxylic acids is 2. The van der Waals surface area contributed by atoms with Gasteiger partial charge in [0, 0.05) is 22.9 Å². The molecule has 0 spiro atoms. The van der Waals surface area contributed by atoms with Crippen LogP contribution in [0.3, 0.4) is 0 Å². The van der Waals surface area contributed by atoms with Gasteiger partial charge in [0.2, 0.25) is 0 Å². The zero-order chi connectivity index (χ0) is 15.5. The molecule has 5 nitrogen and oxygen atoms in total. The van der Waals surface area contributed by atoms with E-state index in [1.165, 1.54) is 0 Å². The lowest BCUT2D eigenvalue weighted by Gasteiger charge is -2.34. The van der Waals surface area contributed by atoms with Crippen LogP contribution in [0.5, 0.6) is 0 Å². The number of ketones is 1. The summed E-state index contributed by atoms with van der Waals surface area (Å²) in [6.07, 6.45) is -1.61. The van der Waals surface area contributed by atoms with E-state index < -0.39 is 37.0 Å². The molecule has 1 atom stereocenters. The highest BCUT2D eigenvalue weighted by molar-refractivity contribution is 5.90. The van der Waals surface area contributed by atoms with Gasteiger partial charge in [0.15, 0.2) is 11.4 Å². The highest BCUT2D eigenvalue weighted by Crippen LogP contribution is 2.18. The van der Waals surface area contributed by atoms with Crippen LogP contribution in [0, 0.1) is 0 Å². The van der Waals surface area contributed by atoms with E-state index in [2.05, 4.69) is 0 Å². The number of hydrogen-bond donors (Lipinski definition) is 1. The highest BCUT2D eigenvalue weighted by Gasteiger charge is 2.40. The van der Waals surface area contributed by atoms with Crippen molar-refractivity contribution in [2.75, 3.05) is 27.7 Å². The van der Waals surface area contributed by atoms with Crippen molar-refractivity contribution in [3.8, 4) is 0 Å². The number of carboxylic acids is 1. The van der Waals surface area contributed by atoms with Crippen LogP contribution in [0.15, 0.2) is 0 Å². The Kier molecular flexibility index (Phi) is 3.46. The second kappa shape index (κ2) is 5.41. The quantitative estimate of drug-likeness (QED) is 0.569. The second-order valence-corrected chi connectivity index (χ2v) is 4.95. The Morgan fingerprint density at radius 2 is 2.00 bits per heavy atom. The molecular weight excluding hydrogens is 210 g/mol. The SMILES string of the molecule is [2H]C([2H])([2H])CCC(=O)C(O)(CC(=O)[O-])C[N+](C)(C)C. The fourth-order valence-electron chi connectivity index (χ4n) is 1.61. The Balaban J connectivity index is 4.93. The molecule has 0 aromatic carbocycles. The number of aliphatic hydroxyl groups is 1. The zero-order valence-electron chi connectivity index (χ0n) is 12.9. The molecule has 0 saturated carbocycles. The van der Waals surface area contributed by atoms with Gasteiger partial charge in [0.05, 0.1) is 21.1 Å². The van der Waals surface area contributed by atoms with Crippen LogP contribution in [-0.2, 0) is 9.59 Å². The minimum Gasteiger partial charge on any atom is -0.550 e. The number of quaternary nitrogens is 1. The van der Waals surface area contributed by atoms with Gasteiger partial charge < -0.3 is 19.5 Å². The summed E-state index contributed by atoms with van der Waals surface area (Å²) in [5.41, 5.74) is -2.09. The second-order valence-electron chi connectivity index (χ2n) is 4.95. The Hall–Kier alpha value is -0.940. The summed E-state index contributed by atoms with van der Waals surface area (Å²) in [6.45, 7) is -2.41. The smallest absolute Gasteiger partial charge is 0.177 e. The largest absolute Gasteiger partial charge is 0.550 e. The maximum Gasteiger partial charge on any atom is 0.177 e. The summed E-state index contributed by atoms with van der Waals surface area (Å²) in [7, 11) is 5.08. The Bertz CT molecular complexity index is 349. The average molecular weight is 234 g/mol. The predicted molar refractivity (Wildman–Crippen MR) is 57.4 cm³/mol. The number of likely N-dealkylation sites (N-methyl/N-ethyl adjacent to an activating group) is 1. The molecule has 0 aliphatic heterocycles. The number of Topliss-reactive ketones (excluding diaryl/α,β-unsaturated/α-hetero) is 1. The van der Waals surface area contributed by atoms with E-state index in [1.807, 2.05) is 0 Å². The van der Waals surface area contributed by atoms with Crippen molar-refractivity contribution in [2.24, 2.45) is 0 Å². The van der Waals surface area contributed by atoms with Crippen LogP contribution < -0.4 is 5.11 Å². The fourth-order valence-corrected chi connectivity index (χ4v) is 1.61. The molecule has 0 aromatic rings. The summed E-state index contributed by atoms with van der Waals surface area (Å²) in [5.74, 6) is -2.32. The molecule has 5 heteroatoms. The van der Waals surface area contributed by atoms with E-state index in [0.717, 1.165) is 0 Å². The summed E-state index contributed by atoms with van der Waals surface area (Å²) in [4.78, 5) is 22.6. The minimum atomic E-state index is -2.28. The van der Waals surface area contributed by atoms with Crippen LogP contribution in [0.4, 0.5) is 0 Å². The Morgan fingerprint density at radius 3 is 2.38 bits per heavy atom. The number of hydrogen-bond acceptors (Lipinski definition) is 4. The van der Waals surface area contributed by atoms with Crippen molar-refractivity contribution >= 4 is 11.8 Å². The first-order chi connectivity index (χ1) is 8.25. The first-order valence-electron chi connectivity index (χ1n) is 6.51. The molecule has 0 saturated heterocycles. The van der Waals surface area contributed by atoms with E-state index in [-0.39, 0.29) is 17.4 Å². The van der Waals surface area contributed by atoms with E-state index in [4.69, 9.17) is 4.11 Å². The molecule has 0 aliphatic rings. The molecule has 0 amide bonds. The van der Waals surface area contributed by atoms with E-state index in [9.17, 15) is 19.8 Å². The molecule has 16 heavy (non-hydrogen) atoms. The van der Waals surface area contributed by atoms with Crippen molar-refractivity contribution in [3.63, 3.8) is 0 Å². The summed E-state index contributed by atoms with van der Waals surface area (Å²) >= 11 is 0. The Labute approximate surface area is 100 Å². The van der Waals surface area contributed by atoms with Crippen LogP contribution in [0.25, 0.3) is 0 Å². The molecule has 94 valence electrons. The average Bonchev–Trinajstić information content (AvgIpc) is 2.07. The lowest BCUT2D eigenvalue weighted by molar-refractivity contribution is -0.875. The minimum absolute atomic E-state index is 0.124. The molecule has 1 N–H and O–H groups in total. The van der Waals surface area contributed by atoms with Gasteiger partial charge >= 0.3 is 0 Å². The van der Waals surface area contributed by atoms with Gasteiger partial charge in [0.25, 0.3) is 0 Å². The van der Waals surface area contributed by atoms with Gasteiger partial charge in [-0.1, -0.05) is 6.85 Å². The molecule has 0 heterocycles. The van der Waals surface area contributed by atoms with Crippen LogP contribution >= 0.6 is 0 Å². The monoisotopic (exact) mass is 234 g/mol. The van der Waals surface area contributed by atoms with Gasteiger partial charge in [0.1, 0.15) is 6.54 Å². The number of nitrogens with zero attached hydrogens (tertiary/aromatic N) is 1.